The fourth-order valence-electron chi connectivity index (χ4n) is 2.84. The van der Waals surface area contributed by atoms with Gasteiger partial charge in [-0.15, -0.1) is 0 Å². The van der Waals surface area contributed by atoms with Gasteiger partial charge in [0.05, 0.1) is 7.11 Å². The van der Waals surface area contributed by atoms with Gasteiger partial charge < -0.3 is 15.0 Å². The number of hydrogen-bond acceptors (Lipinski definition) is 6. The predicted octanol–water partition coefficient (Wildman–Crippen LogP) is 1.34. The maximum Gasteiger partial charge on any atom is 0.341 e. The number of nitrogens with zero attached hydrogens (tertiary/aromatic N) is 2. The van der Waals surface area contributed by atoms with Crippen LogP contribution in [0.3, 0.4) is 0 Å². The van der Waals surface area contributed by atoms with Gasteiger partial charge in [-0.2, -0.15) is 0 Å². The third kappa shape index (κ3) is 4.08. The van der Waals surface area contributed by atoms with Crippen LogP contribution < -0.4 is 5.43 Å². The summed E-state index contributed by atoms with van der Waals surface area (Å²) in [5.74, 6) is -0.209. The summed E-state index contributed by atoms with van der Waals surface area (Å²) in [6, 6.07) is 7.84. The van der Waals surface area contributed by atoms with Gasteiger partial charge in [-0.05, 0) is 26.0 Å². The monoisotopic (exact) mass is 303 g/mol. The normalized spacial score (nSPS) is 22.9. The molecule has 0 spiro atoms. The number of carbonyl (C=O) groups excluding carboxylic acids is 2. The molecule has 0 bridgehead atoms. The first-order valence-electron chi connectivity index (χ1n) is 7.43. The fourth-order valence-corrected chi connectivity index (χ4v) is 2.84. The molecule has 118 valence electrons. The first kappa shape index (κ1) is 16.5. The van der Waals surface area contributed by atoms with Crippen LogP contribution in [0.4, 0.5) is 10.5 Å². The number of benzene rings is 1. The van der Waals surface area contributed by atoms with Crippen LogP contribution in [-0.4, -0.2) is 61.7 Å². The van der Waals surface area contributed by atoms with Gasteiger partial charge in [0.1, 0.15) is 6.29 Å². The molecular formula is C15H22BN3O3. The first-order chi connectivity index (χ1) is 10.5. The highest BCUT2D eigenvalue weighted by Crippen LogP contribution is 2.17. The van der Waals surface area contributed by atoms with Crippen molar-refractivity contribution in [1.82, 2.24) is 9.82 Å². The molecule has 1 aliphatic rings. The molecule has 1 heterocycles. The Labute approximate surface area is 131 Å². The number of hydrazine groups is 1. The van der Waals surface area contributed by atoms with Crippen LogP contribution in [0, 0.1) is 0 Å². The van der Waals surface area contributed by atoms with Crippen LogP contribution in [-0.2, 0) is 4.74 Å². The van der Waals surface area contributed by atoms with E-state index in [9.17, 15) is 9.59 Å². The van der Waals surface area contributed by atoms with E-state index in [1.54, 1.807) is 6.07 Å². The highest BCUT2D eigenvalue weighted by molar-refractivity contribution is 6.69. The molecular weight excluding hydrogens is 281 g/mol. The molecule has 22 heavy (non-hydrogen) atoms. The largest absolute Gasteiger partial charge is 0.476 e. The van der Waals surface area contributed by atoms with Crippen molar-refractivity contribution >= 4 is 25.3 Å². The molecule has 1 N–H and O–H groups in total. The van der Waals surface area contributed by atoms with E-state index >= 15 is 0 Å². The van der Waals surface area contributed by atoms with Gasteiger partial charge in [-0.1, -0.05) is 12.1 Å². The van der Waals surface area contributed by atoms with Crippen LogP contribution >= 0.6 is 0 Å². The van der Waals surface area contributed by atoms with Crippen LogP contribution in [0.5, 0.6) is 0 Å². The summed E-state index contributed by atoms with van der Waals surface area (Å²) in [6.45, 7) is 5.75. The topological polar surface area (TPSA) is 61.9 Å². The molecule has 1 unspecified atom stereocenters. The number of ether oxygens (including phenoxy) is 1. The molecule has 1 aromatic rings. The van der Waals surface area contributed by atoms with Crippen LogP contribution in [0.1, 0.15) is 24.2 Å². The quantitative estimate of drug-likeness (QED) is 0.654. The number of hydrogen-bond donors (Lipinski definition) is 1. The summed E-state index contributed by atoms with van der Waals surface area (Å²) < 4.78 is 4.75. The predicted molar refractivity (Wildman–Crippen MR) is 87.3 cm³/mol. The summed E-state index contributed by atoms with van der Waals surface area (Å²) in [7, 11) is 1.72. The van der Waals surface area contributed by atoms with Crippen molar-refractivity contribution in [3.8, 4) is 0 Å². The Hall–Kier alpha value is -1.86. The molecule has 1 aliphatic heterocycles. The number of nitrogens with one attached hydrogen (secondary N) is 1. The number of piperazine rings is 1. The van der Waals surface area contributed by atoms with Gasteiger partial charge in [0.25, 0.3) is 5.87 Å². The molecule has 7 heteroatoms. The lowest BCUT2D eigenvalue weighted by Gasteiger charge is -2.44. The molecule has 1 fully saturated rings. The van der Waals surface area contributed by atoms with Crippen molar-refractivity contribution in [1.29, 1.82) is 0 Å². The van der Waals surface area contributed by atoms with Gasteiger partial charge in [0, 0.05) is 36.4 Å². The third-order valence-corrected chi connectivity index (χ3v) is 3.95. The summed E-state index contributed by atoms with van der Waals surface area (Å²) in [6.07, 6.45) is 0.838. The lowest BCUT2D eigenvalue weighted by atomic mass is 9.85. The number of anilines is 1. The third-order valence-electron chi connectivity index (χ3n) is 3.95. The van der Waals surface area contributed by atoms with Crippen molar-refractivity contribution in [3.63, 3.8) is 0 Å². The molecule has 6 nitrogen and oxygen atoms in total. The van der Waals surface area contributed by atoms with Gasteiger partial charge in [0.15, 0.2) is 0 Å². The summed E-state index contributed by atoms with van der Waals surface area (Å²) >= 11 is 0. The molecule has 0 aromatic heterocycles. The van der Waals surface area contributed by atoms with Crippen LogP contribution in [0.15, 0.2) is 24.3 Å². The summed E-state index contributed by atoms with van der Waals surface area (Å²) in [5, 5.41) is 2.12. The van der Waals surface area contributed by atoms with Crippen molar-refractivity contribution in [2.24, 2.45) is 0 Å². The van der Waals surface area contributed by atoms with E-state index in [1.165, 1.54) is 7.11 Å². The summed E-state index contributed by atoms with van der Waals surface area (Å²) in [4.78, 5) is 24.5. The molecule has 0 saturated carbocycles. The number of aldehydes is 1. The second kappa shape index (κ2) is 7.42. The van der Waals surface area contributed by atoms with E-state index in [1.807, 2.05) is 18.2 Å². The van der Waals surface area contributed by atoms with Crippen molar-refractivity contribution in [3.05, 3.63) is 29.8 Å². The molecule has 1 aromatic carbocycles. The minimum Gasteiger partial charge on any atom is -0.476 e. The first-order valence-corrected chi connectivity index (χ1v) is 7.43. The SMILES string of the molecule is COC(=O)BN1C(C)CN(Nc2cccc(C=O)c2)C[C@@H]1C. The molecule has 0 radical (unpaired) electrons. The van der Waals surface area contributed by atoms with Crippen LogP contribution in [0.25, 0.3) is 0 Å². The lowest BCUT2D eigenvalue weighted by molar-refractivity contribution is 0.112. The number of methoxy groups -OCH3 is 1. The fraction of sp³-hybridized carbons (Fsp3) is 0.467. The second-order valence-electron chi connectivity index (χ2n) is 5.71. The van der Waals surface area contributed by atoms with E-state index in [2.05, 4.69) is 29.1 Å². The van der Waals surface area contributed by atoms with Crippen molar-refractivity contribution in [2.45, 2.75) is 25.9 Å². The van der Waals surface area contributed by atoms with Gasteiger partial charge in [0.2, 0.25) is 0 Å². The highest BCUT2D eigenvalue weighted by Gasteiger charge is 2.31. The Morgan fingerprint density at radius 3 is 2.64 bits per heavy atom. The zero-order valence-electron chi connectivity index (χ0n) is 13.3. The minimum absolute atomic E-state index is 0.209. The van der Waals surface area contributed by atoms with E-state index in [0.717, 1.165) is 25.1 Å². The van der Waals surface area contributed by atoms with E-state index in [4.69, 9.17) is 4.74 Å². The smallest absolute Gasteiger partial charge is 0.341 e. The second-order valence-corrected chi connectivity index (χ2v) is 5.71. The Morgan fingerprint density at radius 1 is 1.36 bits per heavy atom. The lowest BCUT2D eigenvalue weighted by Crippen LogP contribution is -2.60. The average Bonchev–Trinajstić information content (AvgIpc) is 2.51. The Morgan fingerprint density at radius 2 is 2.05 bits per heavy atom. The maximum atomic E-state index is 11.5. The van der Waals surface area contributed by atoms with E-state index in [-0.39, 0.29) is 18.0 Å². The molecule has 0 aliphatic carbocycles. The summed E-state index contributed by atoms with van der Waals surface area (Å²) in [5.41, 5.74) is 4.88. The number of carbonyl (C=O) groups is 2. The molecule has 2 atom stereocenters. The van der Waals surface area contributed by atoms with Gasteiger partial charge in [-0.3, -0.25) is 9.59 Å². The maximum absolute atomic E-state index is 11.5. The minimum atomic E-state index is -0.209. The Bertz CT molecular complexity index is 529. The number of rotatable bonds is 5. The highest BCUT2D eigenvalue weighted by atomic mass is 16.5. The van der Waals surface area contributed by atoms with E-state index < -0.39 is 0 Å². The average molecular weight is 303 g/mol. The molecule has 0 amide bonds. The van der Waals surface area contributed by atoms with Crippen molar-refractivity contribution < 1.29 is 14.3 Å². The zero-order valence-corrected chi connectivity index (χ0v) is 13.3. The Balaban J connectivity index is 1.98. The zero-order chi connectivity index (χ0) is 16.1. The standard InChI is InChI=1S/C15H22BN3O3/c1-11-8-18(9-12(2)19(11)16-15(21)22-3)17-14-6-4-5-13(7-14)10-20/h4-7,10-12,16-17H,8-9H2,1-3H3/t11-,12?/m0/s1. The van der Waals surface area contributed by atoms with Gasteiger partial charge >= 0.3 is 7.41 Å². The van der Waals surface area contributed by atoms with Crippen LogP contribution in [0.2, 0.25) is 0 Å². The Kier molecular flexibility index (Phi) is 5.57. The van der Waals surface area contributed by atoms with E-state index in [0.29, 0.717) is 13.0 Å². The molecule has 2 rings (SSSR count). The van der Waals surface area contributed by atoms with Crippen molar-refractivity contribution in [2.75, 3.05) is 25.6 Å². The van der Waals surface area contributed by atoms with Gasteiger partial charge in [-0.25, -0.2) is 5.01 Å². The molecule has 1 saturated heterocycles.